The van der Waals surface area contributed by atoms with E-state index < -0.39 is 0 Å². The van der Waals surface area contributed by atoms with Gasteiger partial charge in [0, 0.05) is 35.2 Å². The molecule has 1 heterocycles. The van der Waals surface area contributed by atoms with Crippen molar-refractivity contribution in [3.63, 3.8) is 0 Å². The molecule has 1 aromatic rings. The Morgan fingerprint density at radius 1 is 1.29 bits per heavy atom. The summed E-state index contributed by atoms with van der Waals surface area (Å²) in [6.07, 6.45) is 4.77. The first-order chi connectivity index (χ1) is 8.19. The van der Waals surface area contributed by atoms with Gasteiger partial charge in [-0.2, -0.15) is 0 Å². The maximum atomic E-state index is 11.2. The molecule has 2 nitrogen and oxygen atoms in total. The summed E-state index contributed by atoms with van der Waals surface area (Å²) >= 11 is 1.92. The monoisotopic (exact) mass is 251 g/mol. The van der Waals surface area contributed by atoms with Crippen molar-refractivity contribution >= 4 is 17.1 Å². The highest BCUT2D eigenvalue weighted by atomic mass is 32.1. The van der Waals surface area contributed by atoms with Gasteiger partial charge >= 0.3 is 0 Å². The number of nitrogens with zero attached hydrogens (tertiary/aromatic N) is 1. The third-order valence-corrected chi connectivity index (χ3v) is 4.82. The van der Waals surface area contributed by atoms with Gasteiger partial charge in [-0.15, -0.1) is 11.3 Å². The fourth-order valence-electron chi connectivity index (χ4n) is 2.44. The third kappa shape index (κ3) is 3.39. The van der Waals surface area contributed by atoms with Crippen molar-refractivity contribution in [2.45, 2.75) is 51.6 Å². The zero-order valence-corrected chi connectivity index (χ0v) is 11.6. The molecule has 0 spiro atoms. The average Bonchev–Trinajstić information content (AvgIpc) is 2.77. The summed E-state index contributed by atoms with van der Waals surface area (Å²) in [5.74, 6) is 0.444. The van der Waals surface area contributed by atoms with Crippen LogP contribution in [0.15, 0.2) is 12.1 Å². The number of Topliss-reactive ketones (excluding diaryl/α,β-unsaturated/α-hetero) is 1. The summed E-state index contributed by atoms with van der Waals surface area (Å²) in [7, 11) is 2.19. The lowest BCUT2D eigenvalue weighted by Gasteiger charge is -2.30. The summed E-state index contributed by atoms with van der Waals surface area (Å²) < 4.78 is 0. The zero-order valence-electron chi connectivity index (χ0n) is 10.7. The van der Waals surface area contributed by atoms with Gasteiger partial charge in [0.1, 0.15) is 5.78 Å². The Hall–Kier alpha value is -0.670. The second-order valence-electron chi connectivity index (χ2n) is 4.91. The molecule has 0 aliphatic heterocycles. The van der Waals surface area contributed by atoms with Gasteiger partial charge in [-0.05, 0) is 38.4 Å². The van der Waals surface area contributed by atoms with Crippen LogP contribution < -0.4 is 0 Å². The zero-order chi connectivity index (χ0) is 12.3. The molecule has 0 bridgehead atoms. The largest absolute Gasteiger partial charge is 0.300 e. The Morgan fingerprint density at radius 3 is 2.53 bits per heavy atom. The van der Waals surface area contributed by atoms with Gasteiger partial charge in [-0.3, -0.25) is 9.69 Å². The first-order valence-corrected chi connectivity index (χ1v) is 7.30. The Balaban J connectivity index is 1.87. The molecular weight excluding hydrogens is 230 g/mol. The van der Waals surface area contributed by atoms with Crippen LogP contribution in [0.3, 0.4) is 0 Å². The van der Waals surface area contributed by atoms with Crippen molar-refractivity contribution in [2.75, 3.05) is 7.05 Å². The molecule has 1 aliphatic rings. The van der Waals surface area contributed by atoms with Crippen LogP contribution >= 0.6 is 11.3 Å². The lowest BCUT2D eigenvalue weighted by Crippen LogP contribution is -2.34. The summed E-state index contributed by atoms with van der Waals surface area (Å²) in [6, 6.07) is 5.08. The average molecular weight is 251 g/mol. The molecule has 0 aromatic carbocycles. The Labute approximate surface area is 108 Å². The standard InChI is InChI=1S/C14H21NOS/c1-3-13-8-9-14(17-13)10-15(2)11-4-6-12(16)7-5-11/h8-9,11H,3-7,10H2,1-2H3. The molecule has 0 amide bonds. The molecule has 3 heteroatoms. The Morgan fingerprint density at radius 2 is 1.94 bits per heavy atom. The van der Waals surface area contributed by atoms with Gasteiger partial charge < -0.3 is 0 Å². The third-order valence-electron chi connectivity index (χ3n) is 3.61. The molecule has 0 atom stereocenters. The maximum Gasteiger partial charge on any atom is 0.133 e. The Bertz CT molecular complexity index is 375. The van der Waals surface area contributed by atoms with E-state index in [1.165, 1.54) is 9.75 Å². The van der Waals surface area contributed by atoms with E-state index in [-0.39, 0.29) is 0 Å². The molecule has 94 valence electrons. The molecular formula is C14H21NOS. The van der Waals surface area contributed by atoms with Gasteiger partial charge in [0.15, 0.2) is 0 Å². The molecule has 0 unspecified atom stereocenters. The predicted octanol–water partition coefficient (Wildman–Crippen LogP) is 3.25. The van der Waals surface area contributed by atoms with E-state index in [1.54, 1.807) is 0 Å². The van der Waals surface area contributed by atoms with Gasteiger partial charge in [0.05, 0.1) is 0 Å². The Kier molecular flexibility index (Phi) is 4.35. The first-order valence-electron chi connectivity index (χ1n) is 6.48. The minimum atomic E-state index is 0.444. The molecule has 1 aliphatic carbocycles. The number of aryl methyl sites for hydroxylation is 1. The molecule has 2 rings (SSSR count). The van der Waals surface area contributed by atoms with E-state index in [0.29, 0.717) is 11.8 Å². The van der Waals surface area contributed by atoms with E-state index in [2.05, 4.69) is 31.0 Å². The SMILES string of the molecule is CCc1ccc(CN(C)C2CCC(=O)CC2)s1. The summed E-state index contributed by atoms with van der Waals surface area (Å²) in [5.41, 5.74) is 0. The minimum absolute atomic E-state index is 0.444. The smallest absolute Gasteiger partial charge is 0.133 e. The van der Waals surface area contributed by atoms with E-state index >= 15 is 0 Å². The van der Waals surface area contributed by atoms with Crippen molar-refractivity contribution in [3.05, 3.63) is 21.9 Å². The van der Waals surface area contributed by atoms with Gasteiger partial charge in [0.2, 0.25) is 0 Å². The van der Waals surface area contributed by atoms with E-state index in [1.807, 2.05) is 11.3 Å². The molecule has 0 radical (unpaired) electrons. The molecule has 17 heavy (non-hydrogen) atoms. The lowest BCUT2D eigenvalue weighted by molar-refractivity contribution is -0.121. The van der Waals surface area contributed by atoms with E-state index in [9.17, 15) is 4.79 Å². The normalized spacial score (nSPS) is 17.9. The van der Waals surface area contributed by atoms with Gasteiger partial charge in [0.25, 0.3) is 0 Å². The number of carbonyl (C=O) groups excluding carboxylic acids is 1. The quantitative estimate of drug-likeness (QED) is 0.818. The van der Waals surface area contributed by atoms with Crippen molar-refractivity contribution in [3.8, 4) is 0 Å². The number of rotatable bonds is 4. The second-order valence-corrected chi connectivity index (χ2v) is 6.16. The molecule has 1 saturated carbocycles. The number of thiophene rings is 1. The van der Waals surface area contributed by atoms with Crippen molar-refractivity contribution < 1.29 is 4.79 Å². The van der Waals surface area contributed by atoms with Crippen LogP contribution in [0.1, 0.15) is 42.4 Å². The topological polar surface area (TPSA) is 20.3 Å². The molecule has 0 N–H and O–H groups in total. The van der Waals surface area contributed by atoms with Gasteiger partial charge in [-0.25, -0.2) is 0 Å². The molecule has 1 aromatic heterocycles. The number of hydrogen-bond donors (Lipinski definition) is 0. The van der Waals surface area contributed by atoms with Crippen molar-refractivity contribution in [1.29, 1.82) is 0 Å². The first kappa shape index (κ1) is 12.8. The van der Waals surface area contributed by atoms with Crippen LogP contribution in [-0.2, 0) is 17.8 Å². The lowest BCUT2D eigenvalue weighted by atomic mass is 9.93. The van der Waals surface area contributed by atoms with E-state index in [0.717, 1.165) is 38.6 Å². The highest BCUT2D eigenvalue weighted by molar-refractivity contribution is 7.11. The van der Waals surface area contributed by atoms with Crippen molar-refractivity contribution in [1.82, 2.24) is 4.90 Å². The van der Waals surface area contributed by atoms with Crippen LogP contribution in [0.2, 0.25) is 0 Å². The highest BCUT2D eigenvalue weighted by Crippen LogP contribution is 2.23. The predicted molar refractivity (Wildman–Crippen MR) is 72.4 cm³/mol. The molecule has 0 saturated heterocycles. The fraction of sp³-hybridized carbons (Fsp3) is 0.643. The maximum absolute atomic E-state index is 11.2. The number of ketones is 1. The van der Waals surface area contributed by atoms with Gasteiger partial charge in [-0.1, -0.05) is 6.92 Å². The highest BCUT2D eigenvalue weighted by Gasteiger charge is 2.22. The minimum Gasteiger partial charge on any atom is -0.300 e. The summed E-state index contributed by atoms with van der Waals surface area (Å²) in [5, 5.41) is 0. The van der Waals surface area contributed by atoms with Crippen LogP contribution in [-0.4, -0.2) is 23.8 Å². The van der Waals surface area contributed by atoms with Crippen LogP contribution in [0.4, 0.5) is 0 Å². The van der Waals surface area contributed by atoms with Crippen molar-refractivity contribution in [2.24, 2.45) is 0 Å². The van der Waals surface area contributed by atoms with Crippen LogP contribution in [0.5, 0.6) is 0 Å². The second kappa shape index (κ2) is 5.78. The fourth-order valence-corrected chi connectivity index (χ4v) is 3.46. The number of hydrogen-bond acceptors (Lipinski definition) is 3. The summed E-state index contributed by atoms with van der Waals surface area (Å²) in [4.78, 5) is 16.5. The van der Waals surface area contributed by atoms with Crippen LogP contribution in [0, 0.1) is 0 Å². The molecule has 1 fully saturated rings. The van der Waals surface area contributed by atoms with Crippen LogP contribution in [0.25, 0.3) is 0 Å². The summed E-state index contributed by atoms with van der Waals surface area (Å²) in [6.45, 7) is 3.23. The number of carbonyl (C=O) groups is 1. The van der Waals surface area contributed by atoms with E-state index in [4.69, 9.17) is 0 Å².